The third-order valence-corrected chi connectivity index (χ3v) is 8.27. The molecule has 0 N–H and O–H groups in total. The molecule has 0 aliphatic heterocycles. The molecule has 5 nitrogen and oxygen atoms in total. The molecule has 172 valence electrons. The van der Waals surface area contributed by atoms with Gasteiger partial charge in [0.05, 0.1) is 0 Å². The van der Waals surface area contributed by atoms with E-state index in [2.05, 4.69) is 77.3 Å². The zero-order valence-electron chi connectivity index (χ0n) is 19.4. The Morgan fingerprint density at radius 1 is 1.09 bits per heavy atom. The number of hydrogen-bond acceptors (Lipinski definition) is 6. The van der Waals surface area contributed by atoms with Crippen molar-refractivity contribution in [2.45, 2.75) is 44.7 Å². The predicted octanol–water partition coefficient (Wildman–Crippen LogP) is 6.34. The van der Waals surface area contributed by atoms with Crippen LogP contribution in [0.5, 0.6) is 0 Å². The summed E-state index contributed by atoms with van der Waals surface area (Å²) in [6, 6.07) is 15.9. The molecule has 1 fully saturated rings. The van der Waals surface area contributed by atoms with Crippen LogP contribution < -0.4 is 0 Å². The number of rotatable bonds is 6. The topological polar surface area (TPSA) is 59.2 Å². The lowest BCUT2D eigenvalue weighted by Gasteiger charge is -2.42. The van der Waals surface area contributed by atoms with Gasteiger partial charge in [0.2, 0.25) is 5.82 Å². The molecule has 0 spiro atoms. The van der Waals surface area contributed by atoms with Gasteiger partial charge in [0.25, 0.3) is 5.89 Å². The van der Waals surface area contributed by atoms with E-state index in [1.165, 1.54) is 27.8 Å². The number of thiophene rings is 1. The van der Waals surface area contributed by atoms with Gasteiger partial charge in [-0.2, -0.15) is 16.3 Å². The van der Waals surface area contributed by atoms with Gasteiger partial charge < -0.3 is 9.32 Å². The second kappa shape index (κ2) is 8.60. The maximum Gasteiger partial charge on any atom is 0.258 e. The Labute approximate surface area is 203 Å². The quantitative estimate of drug-likeness (QED) is 0.309. The maximum atomic E-state index is 11.0. The minimum absolute atomic E-state index is 0.249. The van der Waals surface area contributed by atoms with E-state index in [0.717, 1.165) is 43.1 Å². The summed E-state index contributed by atoms with van der Waals surface area (Å²) < 4.78 is 5.65. The largest absolute Gasteiger partial charge is 0.334 e. The predicted molar refractivity (Wildman–Crippen MR) is 135 cm³/mol. The van der Waals surface area contributed by atoms with E-state index in [9.17, 15) is 4.79 Å². The average Bonchev–Trinajstić information content (AvgIpc) is 3.58. The van der Waals surface area contributed by atoms with Crippen LogP contribution in [0.4, 0.5) is 0 Å². The normalized spacial score (nSPS) is 21.4. The van der Waals surface area contributed by atoms with Gasteiger partial charge in [0.15, 0.2) is 0 Å². The molecule has 2 aliphatic rings. The number of aryl methyl sites for hydroxylation is 2. The first-order chi connectivity index (χ1) is 16.6. The fraction of sp³-hybridized carbons (Fsp3) is 0.321. The smallest absolute Gasteiger partial charge is 0.258 e. The number of benzene rings is 2. The molecule has 0 radical (unpaired) electrons. The lowest BCUT2D eigenvalue weighted by atomic mass is 9.80. The van der Waals surface area contributed by atoms with Crippen LogP contribution in [0.15, 0.2) is 57.7 Å². The molecule has 1 saturated carbocycles. The zero-order valence-corrected chi connectivity index (χ0v) is 20.2. The Morgan fingerprint density at radius 2 is 1.94 bits per heavy atom. The highest BCUT2D eigenvalue weighted by molar-refractivity contribution is 7.08. The van der Waals surface area contributed by atoms with E-state index in [1.807, 2.05) is 0 Å². The summed E-state index contributed by atoms with van der Waals surface area (Å²) in [5, 5.41) is 8.55. The van der Waals surface area contributed by atoms with Crippen LogP contribution in [0.2, 0.25) is 0 Å². The summed E-state index contributed by atoms with van der Waals surface area (Å²) in [7, 11) is 2.20. The first-order valence-corrected chi connectivity index (χ1v) is 12.8. The van der Waals surface area contributed by atoms with E-state index in [1.54, 1.807) is 11.3 Å². The van der Waals surface area contributed by atoms with Crippen LogP contribution in [-0.2, 0) is 11.2 Å². The van der Waals surface area contributed by atoms with Gasteiger partial charge in [-0.3, -0.25) is 4.90 Å². The standard InChI is InChI=1S/C28H27N3O2S/c1-17-11-21(4-6-24(17)22-9-10-34-16-22)28-29-27(30-33-28)20-3-7-25-19(14-20)5-8-26(25)31(2)23-12-18(13-23)15-32/h3-4,6-7,9-11,14-16,18,23,26H,5,8,12-13H2,1-2H3/t18-,23-,26?. The second-order valence-corrected chi connectivity index (χ2v) is 10.4. The number of carbonyl (C=O) groups excluding carboxylic acids is 1. The highest BCUT2D eigenvalue weighted by Crippen LogP contribution is 2.42. The van der Waals surface area contributed by atoms with E-state index in [-0.39, 0.29) is 5.92 Å². The van der Waals surface area contributed by atoms with Gasteiger partial charge in [-0.1, -0.05) is 23.4 Å². The van der Waals surface area contributed by atoms with Crippen molar-refractivity contribution in [3.8, 4) is 34.0 Å². The minimum Gasteiger partial charge on any atom is -0.334 e. The fourth-order valence-electron chi connectivity index (χ4n) is 5.48. The molecule has 0 amide bonds. The van der Waals surface area contributed by atoms with Crippen LogP contribution >= 0.6 is 11.3 Å². The van der Waals surface area contributed by atoms with Gasteiger partial charge in [0, 0.05) is 29.1 Å². The molecule has 1 unspecified atom stereocenters. The van der Waals surface area contributed by atoms with Crippen molar-refractivity contribution in [3.63, 3.8) is 0 Å². The third-order valence-electron chi connectivity index (χ3n) is 7.59. The summed E-state index contributed by atoms with van der Waals surface area (Å²) in [4.78, 5) is 18.2. The van der Waals surface area contributed by atoms with Crippen molar-refractivity contribution in [3.05, 3.63) is 69.9 Å². The Bertz CT molecular complexity index is 1340. The van der Waals surface area contributed by atoms with Gasteiger partial charge in [-0.15, -0.1) is 0 Å². The number of carbonyl (C=O) groups is 1. The number of aromatic nitrogens is 2. The lowest BCUT2D eigenvalue weighted by molar-refractivity contribution is -0.115. The lowest BCUT2D eigenvalue weighted by Crippen LogP contribution is -2.44. The molecule has 2 aromatic carbocycles. The van der Waals surface area contributed by atoms with Gasteiger partial charge >= 0.3 is 0 Å². The van der Waals surface area contributed by atoms with E-state index in [4.69, 9.17) is 9.51 Å². The molecule has 0 bridgehead atoms. The summed E-state index contributed by atoms with van der Waals surface area (Å²) in [6.45, 7) is 2.12. The zero-order chi connectivity index (χ0) is 23.2. The van der Waals surface area contributed by atoms with Crippen molar-refractivity contribution >= 4 is 17.6 Å². The Balaban J connectivity index is 1.21. The van der Waals surface area contributed by atoms with Crippen LogP contribution in [0.25, 0.3) is 34.0 Å². The average molecular weight is 470 g/mol. The van der Waals surface area contributed by atoms with Crippen molar-refractivity contribution < 1.29 is 9.32 Å². The summed E-state index contributed by atoms with van der Waals surface area (Å²) >= 11 is 1.70. The summed E-state index contributed by atoms with van der Waals surface area (Å²) in [5.41, 5.74) is 8.34. The molecule has 2 aliphatic carbocycles. The van der Waals surface area contributed by atoms with Crippen molar-refractivity contribution in [1.29, 1.82) is 0 Å². The van der Waals surface area contributed by atoms with Crippen LogP contribution in [0.3, 0.4) is 0 Å². The molecule has 0 saturated heterocycles. The first kappa shape index (κ1) is 21.4. The summed E-state index contributed by atoms with van der Waals surface area (Å²) in [5.74, 6) is 1.42. The number of hydrogen-bond donors (Lipinski definition) is 0. The van der Waals surface area contributed by atoms with Crippen molar-refractivity contribution in [1.82, 2.24) is 15.0 Å². The Morgan fingerprint density at radius 3 is 2.71 bits per heavy atom. The summed E-state index contributed by atoms with van der Waals surface area (Å²) in [6.07, 6.45) is 5.26. The van der Waals surface area contributed by atoms with E-state index >= 15 is 0 Å². The number of nitrogens with zero attached hydrogens (tertiary/aromatic N) is 3. The molecule has 4 aromatic rings. The Hall–Kier alpha value is -3.09. The van der Waals surface area contributed by atoms with Gasteiger partial charge in [0.1, 0.15) is 6.29 Å². The molecular formula is C28H27N3O2S. The van der Waals surface area contributed by atoms with Crippen molar-refractivity contribution in [2.24, 2.45) is 5.92 Å². The maximum absolute atomic E-state index is 11.0. The molecular weight excluding hydrogens is 442 g/mol. The monoisotopic (exact) mass is 469 g/mol. The highest BCUT2D eigenvalue weighted by atomic mass is 32.1. The molecule has 6 rings (SSSR count). The SMILES string of the molecule is Cc1cc(-c2nc(-c3ccc4c(c3)CCC4N(C)[C@H]3C[C@H](C=O)C3)no2)ccc1-c1ccsc1. The molecule has 1 atom stereocenters. The molecule has 6 heteroatoms. The fourth-order valence-corrected chi connectivity index (χ4v) is 6.14. The highest BCUT2D eigenvalue weighted by Gasteiger charge is 2.37. The number of aldehydes is 1. The Kier molecular flexibility index (Phi) is 5.42. The first-order valence-electron chi connectivity index (χ1n) is 11.9. The van der Waals surface area contributed by atoms with Crippen LogP contribution in [0, 0.1) is 12.8 Å². The molecule has 2 aromatic heterocycles. The van der Waals surface area contributed by atoms with Gasteiger partial charge in [-0.25, -0.2) is 0 Å². The van der Waals surface area contributed by atoms with E-state index in [0.29, 0.717) is 23.8 Å². The molecule has 2 heterocycles. The third kappa shape index (κ3) is 3.71. The van der Waals surface area contributed by atoms with Crippen LogP contribution in [-0.4, -0.2) is 34.4 Å². The van der Waals surface area contributed by atoms with Gasteiger partial charge in [-0.05, 0) is 102 Å². The molecule has 34 heavy (non-hydrogen) atoms. The van der Waals surface area contributed by atoms with Crippen molar-refractivity contribution in [2.75, 3.05) is 7.05 Å². The minimum atomic E-state index is 0.249. The van der Waals surface area contributed by atoms with Crippen LogP contribution in [0.1, 0.15) is 42.0 Å². The second-order valence-electron chi connectivity index (χ2n) is 9.62. The van der Waals surface area contributed by atoms with E-state index < -0.39 is 0 Å². The number of fused-ring (bicyclic) bond motifs is 1.